The van der Waals surface area contributed by atoms with Gasteiger partial charge in [-0.3, -0.25) is 9.69 Å². The fourth-order valence-electron chi connectivity index (χ4n) is 1.87. The van der Waals surface area contributed by atoms with E-state index in [1.807, 2.05) is 17.0 Å². The maximum atomic E-state index is 11.0. The van der Waals surface area contributed by atoms with Gasteiger partial charge >= 0.3 is 5.97 Å². The molecule has 0 radical (unpaired) electrons. The average Bonchev–Trinajstić information content (AvgIpc) is 2.49. The fraction of sp³-hybridized carbons (Fsp3) is 0.417. The van der Waals surface area contributed by atoms with Gasteiger partial charge in [-0.25, -0.2) is 0 Å². The Labute approximate surface area is 105 Å². The average molecular weight is 256 g/mol. The predicted molar refractivity (Wildman–Crippen MR) is 64.5 cm³/mol. The molecule has 0 saturated heterocycles. The summed E-state index contributed by atoms with van der Waals surface area (Å²) in [6.07, 6.45) is 0. The van der Waals surface area contributed by atoms with Crippen LogP contribution in [0.3, 0.4) is 0 Å². The number of nitrogens with zero attached hydrogens (tertiary/aromatic N) is 1. The molecule has 1 atom stereocenters. The van der Waals surface area contributed by atoms with Crippen LogP contribution in [0.5, 0.6) is 5.75 Å². The minimum atomic E-state index is -0.824. The molecule has 0 fully saturated rings. The third-order valence-corrected chi connectivity index (χ3v) is 3.17. The van der Waals surface area contributed by atoms with Gasteiger partial charge in [0.15, 0.2) is 0 Å². The van der Waals surface area contributed by atoms with Crippen LogP contribution in [0.2, 0.25) is 5.02 Å². The maximum Gasteiger partial charge on any atom is 0.320 e. The molecule has 1 aromatic carbocycles. The number of carboxylic acid groups (broad SMARTS) is 1. The molecule has 1 N–H and O–H groups in total. The van der Waals surface area contributed by atoms with Crippen LogP contribution in [0.1, 0.15) is 12.5 Å². The number of benzene rings is 1. The van der Waals surface area contributed by atoms with Crippen molar-refractivity contribution in [3.8, 4) is 5.75 Å². The summed E-state index contributed by atoms with van der Waals surface area (Å²) < 4.78 is 5.57. The molecule has 0 amide bonds. The smallest absolute Gasteiger partial charge is 0.320 e. The lowest BCUT2D eigenvalue weighted by atomic mass is 10.1. The molecule has 92 valence electrons. The molecule has 0 bridgehead atoms. The van der Waals surface area contributed by atoms with Crippen molar-refractivity contribution in [3.05, 3.63) is 28.8 Å². The summed E-state index contributed by atoms with van der Waals surface area (Å²) in [6.45, 7) is 3.31. The lowest BCUT2D eigenvalue weighted by Gasteiger charge is -2.23. The van der Waals surface area contributed by atoms with E-state index >= 15 is 0 Å². The molecule has 2 rings (SSSR count). The molecule has 4 nitrogen and oxygen atoms in total. The van der Waals surface area contributed by atoms with E-state index in [9.17, 15) is 4.79 Å². The Balaban J connectivity index is 2.24. The second-order valence-electron chi connectivity index (χ2n) is 4.09. The van der Waals surface area contributed by atoms with E-state index in [4.69, 9.17) is 21.4 Å². The number of carbonyl (C=O) groups is 1. The van der Waals surface area contributed by atoms with Gasteiger partial charge in [0.05, 0.1) is 0 Å². The van der Waals surface area contributed by atoms with Gasteiger partial charge in [-0.15, -0.1) is 0 Å². The van der Waals surface area contributed by atoms with Gasteiger partial charge in [0.25, 0.3) is 0 Å². The van der Waals surface area contributed by atoms with E-state index in [0.29, 0.717) is 24.7 Å². The fourth-order valence-corrected chi connectivity index (χ4v) is 2.06. The monoisotopic (exact) mass is 255 g/mol. The molecule has 0 aliphatic carbocycles. The highest BCUT2D eigenvalue weighted by molar-refractivity contribution is 6.30. The topological polar surface area (TPSA) is 49.8 Å². The molecule has 0 saturated carbocycles. The van der Waals surface area contributed by atoms with Gasteiger partial charge < -0.3 is 9.84 Å². The predicted octanol–water partition coefficient (Wildman–Crippen LogP) is 2.01. The molecule has 5 heteroatoms. The van der Waals surface area contributed by atoms with E-state index in [1.54, 1.807) is 13.0 Å². The van der Waals surface area contributed by atoms with Crippen LogP contribution in [-0.4, -0.2) is 35.2 Å². The van der Waals surface area contributed by atoms with Crippen molar-refractivity contribution in [1.29, 1.82) is 0 Å². The SMILES string of the molecule is C[C@H](C(=O)O)N1CCOc2ccc(Cl)cc2C1. The first-order valence-electron chi connectivity index (χ1n) is 5.46. The summed E-state index contributed by atoms with van der Waals surface area (Å²) in [7, 11) is 0. The van der Waals surface area contributed by atoms with Crippen LogP contribution in [0.15, 0.2) is 18.2 Å². The standard InChI is InChI=1S/C12H14ClNO3/c1-8(12(15)16)14-4-5-17-11-3-2-10(13)6-9(11)7-14/h2-3,6,8H,4-5,7H2,1H3,(H,15,16)/t8-/m1/s1. The number of hydrogen-bond acceptors (Lipinski definition) is 3. The molecule has 1 heterocycles. The molecule has 0 aromatic heterocycles. The van der Waals surface area contributed by atoms with Crippen LogP contribution in [0.4, 0.5) is 0 Å². The Morgan fingerprint density at radius 2 is 2.35 bits per heavy atom. The Morgan fingerprint density at radius 3 is 3.06 bits per heavy atom. The first-order chi connectivity index (χ1) is 8.08. The van der Waals surface area contributed by atoms with Crippen LogP contribution < -0.4 is 4.74 Å². The van der Waals surface area contributed by atoms with Crippen molar-refractivity contribution in [2.75, 3.05) is 13.2 Å². The van der Waals surface area contributed by atoms with Gasteiger partial charge in [0.2, 0.25) is 0 Å². The number of halogens is 1. The Hall–Kier alpha value is -1.26. The number of hydrogen-bond donors (Lipinski definition) is 1. The molecule has 1 aliphatic heterocycles. The summed E-state index contributed by atoms with van der Waals surface area (Å²) in [5.41, 5.74) is 0.933. The minimum Gasteiger partial charge on any atom is -0.492 e. The van der Waals surface area contributed by atoms with Gasteiger partial charge in [-0.05, 0) is 25.1 Å². The molecule has 0 spiro atoms. The zero-order valence-corrected chi connectivity index (χ0v) is 10.3. The van der Waals surface area contributed by atoms with Gasteiger partial charge in [-0.2, -0.15) is 0 Å². The van der Waals surface area contributed by atoms with E-state index < -0.39 is 12.0 Å². The maximum absolute atomic E-state index is 11.0. The summed E-state index contributed by atoms with van der Waals surface area (Å²) in [5.74, 6) is -0.0371. The lowest BCUT2D eigenvalue weighted by Crippen LogP contribution is -2.39. The second kappa shape index (κ2) is 4.94. The number of ether oxygens (including phenoxy) is 1. The molecular weight excluding hydrogens is 242 g/mol. The van der Waals surface area contributed by atoms with Crippen molar-refractivity contribution >= 4 is 17.6 Å². The lowest BCUT2D eigenvalue weighted by molar-refractivity contribution is -0.142. The highest BCUT2D eigenvalue weighted by Crippen LogP contribution is 2.26. The quantitative estimate of drug-likeness (QED) is 0.878. The third-order valence-electron chi connectivity index (χ3n) is 2.94. The Bertz CT molecular complexity index is 436. The Morgan fingerprint density at radius 1 is 1.59 bits per heavy atom. The van der Waals surface area contributed by atoms with E-state index in [0.717, 1.165) is 11.3 Å². The number of fused-ring (bicyclic) bond motifs is 1. The Kier molecular flexibility index (Phi) is 3.54. The first-order valence-corrected chi connectivity index (χ1v) is 5.84. The van der Waals surface area contributed by atoms with Gasteiger partial charge in [0, 0.05) is 23.7 Å². The second-order valence-corrected chi connectivity index (χ2v) is 4.52. The summed E-state index contributed by atoms with van der Waals surface area (Å²) in [6, 6.07) is 4.90. The van der Waals surface area contributed by atoms with E-state index in [2.05, 4.69) is 0 Å². The van der Waals surface area contributed by atoms with E-state index in [-0.39, 0.29) is 0 Å². The van der Waals surface area contributed by atoms with Gasteiger partial charge in [0.1, 0.15) is 18.4 Å². The van der Waals surface area contributed by atoms with Gasteiger partial charge in [-0.1, -0.05) is 11.6 Å². The van der Waals surface area contributed by atoms with Crippen molar-refractivity contribution in [2.45, 2.75) is 19.5 Å². The van der Waals surface area contributed by atoms with Crippen LogP contribution >= 0.6 is 11.6 Å². The van der Waals surface area contributed by atoms with E-state index in [1.165, 1.54) is 0 Å². The normalized spacial score (nSPS) is 17.8. The van der Waals surface area contributed by atoms with Crippen molar-refractivity contribution < 1.29 is 14.6 Å². The summed E-state index contributed by atoms with van der Waals surface area (Å²) in [5, 5.41) is 9.66. The van der Waals surface area contributed by atoms with Crippen molar-refractivity contribution in [2.24, 2.45) is 0 Å². The molecule has 1 aliphatic rings. The third kappa shape index (κ3) is 2.70. The summed E-state index contributed by atoms with van der Waals surface area (Å²) >= 11 is 5.93. The van der Waals surface area contributed by atoms with Crippen LogP contribution in [-0.2, 0) is 11.3 Å². The number of carboxylic acids is 1. The highest BCUT2D eigenvalue weighted by Gasteiger charge is 2.24. The minimum absolute atomic E-state index is 0.492. The van der Waals surface area contributed by atoms with Crippen LogP contribution in [0.25, 0.3) is 0 Å². The van der Waals surface area contributed by atoms with Crippen molar-refractivity contribution in [3.63, 3.8) is 0 Å². The van der Waals surface area contributed by atoms with Crippen LogP contribution in [0, 0.1) is 0 Å². The number of aliphatic carboxylic acids is 1. The molecule has 17 heavy (non-hydrogen) atoms. The molecular formula is C12H14ClNO3. The number of rotatable bonds is 2. The largest absolute Gasteiger partial charge is 0.492 e. The summed E-state index contributed by atoms with van der Waals surface area (Å²) in [4.78, 5) is 12.8. The zero-order valence-electron chi connectivity index (χ0n) is 9.52. The molecule has 1 aromatic rings. The zero-order chi connectivity index (χ0) is 12.4. The molecule has 0 unspecified atom stereocenters. The van der Waals surface area contributed by atoms with Crippen molar-refractivity contribution in [1.82, 2.24) is 4.90 Å². The highest BCUT2D eigenvalue weighted by atomic mass is 35.5. The first kappa shape index (κ1) is 12.2.